The number of ketones is 1. The van der Waals surface area contributed by atoms with Crippen LogP contribution in [-0.4, -0.2) is 24.4 Å². The summed E-state index contributed by atoms with van der Waals surface area (Å²) in [5.74, 6) is 0.0750. The molecule has 0 radical (unpaired) electrons. The summed E-state index contributed by atoms with van der Waals surface area (Å²) in [7, 11) is -3.39. The largest absolute Gasteiger partial charge is 0.294 e. The van der Waals surface area contributed by atoms with Gasteiger partial charge in [0.15, 0.2) is 5.78 Å². The van der Waals surface area contributed by atoms with Crippen LogP contribution in [0.4, 0.5) is 0 Å². The van der Waals surface area contributed by atoms with Crippen LogP contribution in [0.3, 0.4) is 0 Å². The predicted octanol–water partition coefficient (Wildman–Crippen LogP) is 2.52. The first-order valence-electron chi connectivity index (χ1n) is 6.87. The number of fused-ring (bicyclic) bond motifs is 1. The van der Waals surface area contributed by atoms with Crippen molar-refractivity contribution in [3.05, 3.63) is 58.9 Å². The van der Waals surface area contributed by atoms with E-state index in [1.165, 1.54) is 10.2 Å². The zero-order valence-corrected chi connectivity index (χ0v) is 12.9. The van der Waals surface area contributed by atoms with Gasteiger partial charge in [0.25, 0.3) is 0 Å². The van der Waals surface area contributed by atoms with Gasteiger partial charge in [0.2, 0.25) is 10.0 Å². The molecule has 110 valence electrons. The van der Waals surface area contributed by atoms with E-state index < -0.39 is 10.0 Å². The normalized spacial score (nSPS) is 18.6. The molecule has 0 N–H and O–H groups in total. The van der Waals surface area contributed by atoms with E-state index in [1.54, 1.807) is 13.1 Å². The number of aromatic nitrogens is 1. The Hall–Kier alpha value is -1.88. The van der Waals surface area contributed by atoms with Crippen LogP contribution in [0.15, 0.2) is 36.5 Å². The van der Waals surface area contributed by atoms with Crippen LogP contribution in [0.1, 0.15) is 39.5 Å². The van der Waals surface area contributed by atoms with E-state index in [2.05, 4.69) is 0 Å². The van der Waals surface area contributed by atoms with Crippen LogP contribution in [-0.2, 0) is 16.4 Å². The number of carbonyl (C=O) groups excluding carboxylic acids is 1. The van der Waals surface area contributed by atoms with Gasteiger partial charge in [-0.25, -0.2) is 12.4 Å². The lowest BCUT2D eigenvalue weighted by Crippen LogP contribution is -2.23. The fourth-order valence-electron chi connectivity index (χ4n) is 3.12. The van der Waals surface area contributed by atoms with Gasteiger partial charge in [-0.15, -0.1) is 0 Å². The van der Waals surface area contributed by atoms with E-state index >= 15 is 0 Å². The van der Waals surface area contributed by atoms with E-state index in [9.17, 15) is 13.2 Å². The molecule has 4 nitrogen and oxygen atoms in total. The summed E-state index contributed by atoms with van der Waals surface area (Å²) >= 11 is 0. The SMILES string of the molecule is Cc1cn(S(C)(=O)=O)c2c1C(=O)CC(c1ccccc1)C2. The number of benzene rings is 1. The van der Waals surface area contributed by atoms with Crippen LogP contribution in [0.2, 0.25) is 0 Å². The summed E-state index contributed by atoms with van der Waals surface area (Å²) in [5, 5.41) is 0. The second-order valence-corrected chi connectivity index (χ2v) is 7.49. The van der Waals surface area contributed by atoms with Crippen molar-refractivity contribution >= 4 is 15.8 Å². The molecule has 5 heteroatoms. The summed E-state index contributed by atoms with van der Waals surface area (Å²) in [5.41, 5.74) is 3.04. The highest BCUT2D eigenvalue weighted by Crippen LogP contribution is 2.35. The Bertz CT molecular complexity index is 804. The zero-order chi connectivity index (χ0) is 15.2. The first kappa shape index (κ1) is 14.1. The molecule has 1 aliphatic carbocycles. The average Bonchev–Trinajstić information content (AvgIpc) is 2.77. The fourth-order valence-corrected chi connectivity index (χ4v) is 4.03. The maximum Gasteiger partial charge on any atom is 0.235 e. The third-order valence-corrected chi connectivity index (χ3v) is 5.08. The molecule has 1 atom stereocenters. The molecule has 1 aromatic heterocycles. The lowest BCUT2D eigenvalue weighted by molar-refractivity contribution is 0.0963. The van der Waals surface area contributed by atoms with E-state index in [0.717, 1.165) is 11.1 Å². The van der Waals surface area contributed by atoms with Crippen molar-refractivity contribution in [2.24, 2.45) is 0 Å². The molecule has 2 aromatic rings. The minimum atomic E-state index is -3.39. The molecule has 1 heterocycles. The van der Waals surface area contributed by atoms with Gasteiger partial charge in [0, 0.05) is 23.9 Å². The van der Waals surface area contributed by atoms with Crippen molar-refractivity contribution in [3.63, 3.8) is 0 Å². The number of rotatable bonds is 2. The van der Waals surface area contributed by atoms with Crippen molar-refractivity contribution in [1.82, 2.24) is 3.97 Å². The average molecular weight is 303 g/mol. The van der Waals surface area contributed by atoms with E-state index in [1.807, 2.05) is 30.3 Å². The van der Waals surface area contributed by atoms with Gasteiger partial charge in [-0.05, 0) is 30.4 Å². The molecule has 3 rings (SSSR count). The highest BCUT2D eigenvalue weighted by Gasteiger charge is 2.32. The fraction of sp³-hybridized carbons (Fsp3) is 0.312. The quantitative estimate of drug-likeness (QED) is 0.856. The molecule has 0 saturated heterocycles. The Morgan fingerprint density at radius 1 is 1.14 bits per heavy atom. The van der Waals surface area contributed by atoms with Crippen molar-refractivity contribution in [2.45, 2.75) is 25.7 Å². The Balaban J connectivity index is 2.11. The predicted molar refractivity (Wildman–Crippen MR) is 81.2 cm³/mol. The van der Waals surface area contributed by atoms with Gasteiger partial charge < -0.3 is 0 Å². The molecule has 0 fully saturated rings. The molecular formula is C16H17NO3S. The first-order chi connectivity index (χ1) is 9.88. The summed E-state index contributed by atoms with van der Waals surface area (Å²) < 4.78 is 25.1. The van der Waals surface area contributed by atoms with Crippen LogP contribution in [0, 0.1) is 6.92 Å². The number of aryl methyl sites for hydroxylation is 1. The maximum absolute atomic E-state index is 12.4. The summed E-state index contributed by atoms with van der Waals surface area (Å²) in [6.07, 6.45) is 3.74. The molecule has 21 heavy (non-hydrogen) atoms. The molecule has 0 amide bonds. The molecule has 0 spiro atoms. The molecule has 0 saturated carbocycles. The second-order valence-electron chi connectivity index (χ2n) is 5.63. The highest BCUT2D eigenvalue weighted by molar-refractivity contribution is 7.89. The molecule has 1 aromatic carbocycles. The summed E-state index contributed by atoms with van der Waals surface area (Å²) in [4.78, 5) is 12.4. The molecular weight excluding hydrogens is 286 g/mol. The minimum absolute atomic E-state index is 0.0324. The van der Waals surface area contributed by atoms with Gasteiger partial charge in [0.1, 0.15) is 0 Å². The summed E-state index contributed by atoms with van der Waals surface area (Å²) in [6.45, 7) is 1.79. The van der Waals surface area contributed by atoms with E-state index in [0.29, 0.717) is 24.1 Å². The number of hydrogen-bond acceptors (Lipinski definition) is 3. The lowest BCUT2D eigenvalue weighted by Gasteiger charge is -2.23. The second kappa shape index (κ2) is 4.84. The smallest absolute Gasteiger partial charge is 0.235 e. The van der Waals surface area contributed by atoms with Crippen LogP contribution in [0.25, 0.3) is 0 Å². The van der Waals surface area contributed by atoms with Gasteiger partial charge >= 0.3 is 0 Å². The Labute approximate surface area is 124 Å². The van der Waals surface area contributed by atoms with Crippen LogP contribution < -0.4 is 0 Å². The van der Waals surface area contributed by atoms with E-state index in [-0.39, 0.29) is 11.7 Å². The number of hydrogen-bond donors (Lipinski definition) is 0. The highest BCUT2D eigenvalue weighted by atomic mass is 32.2. The lowest BCUT2D eigenvalue weighted by atomic mass is 9.81. The Kier molecular flexibility index (Phi) is 3.24. The molecule has 0 aliphatic heterocycles. The van der Waals surface area contributed by atoms with Gasteiger partial charge in [-0.2, -0.15) is 0 Å². The van der Waals surface area contributed by atoms with Crippen molar-refractivity contribution in [3.8, 4) is 0 Å². The number of carbonyl (C=O) groups is 1. The van der Waals surface area contributed by atoms with Crippen molar-refractivity contribution in [2.75, 3.05) is 6.26 Å². The number of Topliss-reactive ketones (excluding diaryl/α,β-unsaturated/α-hetero) is 1. The first-order valence-corrected chi connectivity index (χ1v) is 8.72. The van der Waals surface area contributed by atoms with Gasteiger partial charge in [-0.3, -0.25) is 4.79 Å². The minimum Gasteiger partial charge on any atom is -0.294 e. The Morgan fingerprint density at radius 2 is 1.81 bits per heavy atom. The molecule has 1 aliphatic rings. The molecule has 1 unspecified atom stereocenters. The topological polar surface area (TPSA) is 56.1 Å². The zero-order valence-electron chi connectivity index (χ0n) is 12.0. The third-order valence-electron chi connectivity index (χ3n) is 4.04. The Morgan fingerprint density at radius 3 is 2.43 bits per heavy atom. The van der Waals surface area contributed by atoms with Crippen molar-refractivity contribution in [1.29, 1.82) is 0 Å². The van der Waals surface area contributed by atoms with E-state index in [4.69, 9.17) is 0 Å². The number of nitrogens with zero attached hydrogens (tertiary/aromatic N) is 1. The van der Waals surface area contributed by atoms with Crippen LogP contribution in [0.5, 0.6) is 0 Å². The third kappa shape index (κ3) is 2.42. The standard InChI is InChI=1S/C16H17NO3S/c1-11-10-17(21(2,19)20)14-8-13(9-15(18)16(11)14)12-6-4-3-5-7-12/h3-7,10,13H,8-9H2,1-2H3. The maximum atomic E-state index is 12.4. The molecule has 0 bridgehead atoms. The van der Waals surface area contributed by atoms with Crippen molar-refractivity contribution < 1.29 is 13.2 Å². The monoisotopic (exact) mass is 303 g/mol. The summed E-state index contributed by atoms with van der Waals surface area (Å²) in [6, 6.07) is 9.79. The van der Waals surface area contributed by atoms with Crippen LogP contribution >= 0.6 is 0 Å². The van der Waals surface area contributed by atoms with Gasteiger partial charge in [-0.1, -0.05) is 30.3 Å². The van der Waals surface area contributed by atoms with Gasteiger partial charge in [0.05, 0.1) is 6.26 Å².